The summed E-state index contributed by atoms with van der Waals surface area (Å²) in [5.74, 6) is 0.0849. The average molecular weight is 374 g/mol. The van der Waals surface area contributed by atoms with Crippen molar-refractivity contribution in [2.45, 2.75) is 6.54 Å². The van der Waals surface area contributed by atoms with Gasteiger partial charge in [-0.2, -0.15) is 0 Å². The van der Waals surface area contributed by atoms with Gasteiger partial charge < -0.3 is 14.4 Å². The monoisotopic (exact) mass is 374 g/mol. The minimum atomic E-state index is 0.0849. The zero-order valence-electron chi connectivity index (χ0n) is 15.7. The largest absolute Gasteiger partial charge is 0.328 e. The molecular formula is C22H24N5O+. The maximum absolute atomic E-state index is 12.5. The van der Waals surface area contributed by atoms with Crippen LogP contribution in [0.2, 0.25) is 0 Å². The zero-order chi connectivity index (χ0) is 19.2. The van der Waals surface area contributed by atoms with E-state index >= 15 is 0 Å². The highest BCUT2D eigenvalue weighted by Gasteiger charge is 2.22. The third kappa shape index (κ3) is 4.53. The number of piperazine rings is 1. The highest BCUT2D eigenvalue weighted by molar-refractivity contribution is 5.91. The van der Waals surface area contributed by atoms with E-state index in [4.69, 9.17) is 0 Å². The molecule has 1 fully saturated rings. The number of amides is 1. The topological polar surface area (TPSA) is 55.5 Å². The Morgan fingerprint density at radius 2 is 1.75 bits per heavy atom. The smallest absolute Gasteiger partial charge is 0.246 e. The van der Waals surface area contributed by atoms with Gasteiger partial charge in [-0.05, 0) is 35.9 Å². The van der Waals surface area contributed by atoms with E-state index in [1.54, 1.807) is 18.6 Å². The van der Waals surface area contributed by atoms with Crippen LogP contribution in [0.25, 0.3) is 11.8 Å². The lowest BCUT2D eigenvalue weighted by Crippen LogP contribution is -3.13. The fourth-order valence-corrected chi connectivity index (χ4v) is 3.45. The van der Waals surface area contributed by atoms with Gasteiger partial charge >= 0.3 is 0 Å². The second-order valence-corrected chi connectivity index (χ2v) is 7.00. The summed E-state index contributed by atoms with van der Waals surface area (Å²) in [6.45, 7) is 4.53. The first kappa shape index (κ1) is 18.1. The molecule has 0 spiro atoms. The van der Waals surface area contributed by atoms with E-state index in [1.165, 1.54) is 10.5 Å². The number of rotatable bonds is 5. The number of hydrogen-bond acceptors (Lipinski definition) is 3. The molecule has 0 radical (unpaired) electrons. The van der Waals surface area contributed by atoms with Gasteiger partial charge in [0, 0.05) is 42.1 Å². The van der Waals surface area contributed by atoms with Gasteiger partial charge in [0.25, 0.3) is 0 Å². The second kappa shape index (κ2) is 8.63. The Bertz CT molecular complexity index is 911. The summed E-state index contributed by atoms with van der Waals surface area (Å²) in [4.78, 5) is 24.1. The Balaban J connectivity index is 1.28. The molecule has 28 heavy (non-hydrogen) atoms. The third-order valence-electron chi connectivity index (χ3n) is 5.10. The molecule has 0 saturated carbocycles. The molecule has 1 aliphatic rings. The number of quaternary nitrogens is 1. The summed E-state index contributed by atoms with van der Waals surface area (Å²) in [7, 11) is 0. The van der Waals surface area contributed by atoms with Crippen molar-refractivity contribution in [3.63, 3.8) is 0 Å². The molecule has 0 unspecified atom stereocenters. The van der Waals surface area contributed by atoms with Gasteiger partial charge in [-0.15, -0.1) is 0 Å². The van der Waals surface area contributed by atoms with Gasteiger partial charge in [-0.25, -0.2) is 4.98 Å². The minimum absolute atomic E-state index is 0.0849. The quantitative estimate of drug-likeness (QED) is 0.683. The second-order valence-electron chi connectivity index (χ2n) is 7.00. The van der Waals surface area contributed by atoms with Gasteiger partial charge in [-0.1, -0.05) is 12.1 Å². The Kier molecular flexibility index (Phi) is 5.58. The minimum Gasteiger partial charge on any atom is -0.328 e. The third-order valence-corrected chi connectivity index (χ3v) is 5.10. The molecule has 0 atom stereocenters. The SMILES string of the molecule is O=C(/C=C/c1ccc(-n2ccnc2)cc1)N1CC[NH+](Cc2ccncc2)CC1. The molecule has 3 heterocycles. The highest BCUT2D eigenvalue weighted by atomic mass is 16.2. The lowest BCUT2D eigenvalue weighted by Gasteiger charge is -2.31. The van der Waals surface area contributed by atoms with Crippen LogP contribution >= 0.6 is 0 Å². The van der Waals surface area contributed by atoms with Crippen LogP contribution in [0.4, 0.5) is 0 Å². The lowest BCUT2D eigenvalue weighted by molar-refractivity contribution is -0.917. The van der Waals surface area contributed by atoms with Crippen molar-refractivity contribution in [2.24, 2.45) is 0 Å². The number of imidazole rings is 1. The van der Waals surface area contributed by atoms with Gasteiger partial charge in [-0.3, -0.25) is 9.78 Å². The van der Waals surface area contributed by atoms with E-state index in [1.807, 2.05) is 58.4 Å². The van der Waals surface area contributed by atoms with Crippen LogP contribution in [-0.4, -0.2) is 51.5 Å². The number of benzene rings is 1. The molecule has 142 valence electrons. The standard InChI is InChI=1S/C22H23N5O/c28-22(6-3-19-1-4-21(5-2-19)27-12-11-24-18-27)26-15-13-25(14-16-26)17-20-7-9-23-10-8-20/h1-12,18H,13-17H2/p+1/b6-3+. The fourth-order valence-electron chi connectivity index (χ4n) is 3.45. The Morgan fingerprint density at radius 1 is 1.00 bits per heavy atom. The molecule has 2 aromatic heterocycles. The molecular weight excluding hydrogens is 350 g/mol. The summed E-state index contributed by atoms with van der Waals surface area (Å²) in [6.07, 6.45) is 12.7. The molecule has 1 saturated heterocycles. The molecule has 1 amide bonds. The van der Waals surface area contributed by atoms with Gasteiger partial charge in [0.1, 0.15) is 6.54 Å². The number of aromatic nitrogens is 3. The van der Waals surface area contributed by atoms with Crippen LogP contribution in [0.1, 0.15) is 11.1 Å². The first-order valence-electron chi connectivity index (χ1n) is 9.56. The van der Waals surface area contributed by atoms with Crippen molar-refractivity contribution in [2.75, 3.05) is 26.2 Å². The van der Waals surface area contributed by atoms with Crippen molar-refractivity contribution in [1.29, 1.82) is 0 Å². The number of nitrogens with one attached hydrogen (secondary N) is 1. The van der Waals surface area contributed by atoms with E-state index in [2.05, 4.69) is 22.1 Å². The molecule has 4 rings (SSSR count). The van der Waals surface area contributed by atoms with Crippen molar-refractivity contribution < 1.29 is 9.69 Å². The molecule has 1 N–H and O–H groups in total. The first-order valence-corrected chi connectivity index (χ1v) is 9.56. The predicted octanol–water partition coefficient (Wildman–Crippen LogP) is 1.21. The molecule has 6 heteroatoms. The van der Waals surface area contributed by atoms with E-state index in [9.17, 15) is 4.79 Å². The number of carbonyl (C=O) groups is 1. The Hall–Kier alpha value is -3.25. The molecule has 1 aliphatic heterocycles. The van der Waals surface area contributed by atoms with Crippen LogP contribution in [0.5, 0.6) is 0 Å². The van der Waals surface area contributed by atoms with Crippen LogP contribution in [0.3, 0.4) is 0 Å². The summed E-state index contributed by atoms with van der Waals surface area (Å²) >= 11 is 0. The van der Waals surface area contributed by atoms with Crippen molar-refractivity contribution in [3.8, 4) is 5.69 Å². The van der Waals surface area contributed by atoms with E-state index in [0.29, 0.717) is 0 Å². The summed E-state index contributed by atoms with van der Waals surface area (Å²) in [6, 6.07) is 12.2. The van der Waals surface area contributed by atoms with Crippen LogP contribution in [0, 0.1) is 0 Å². The lowest BCUT2D eigenvalue weighted by atomic mass is 10.2. The van der Waals surface area contributed by atoms with E-state index in [-0.39, 0.29) is 5.91 Å². The molecule has 6 nitrogen and oxygen atoms in total. The first-order chi connectivity index (χ1) is 13.8. The number of hydrogen-bond donors (Lipinski definition) is 1. The van der Waals surface area contributed by atoms with Crippen molar-refractivity contribution >= 4 is 12.0 Å². The van der Waals surface area contributed by atoms with Gasteiger partial charge in [0.15, 0.2) is 0 Å². The summed E-state index contributed by atoms with van der Waals surface area (Å²) in [5.41, 5.74) is 3.36. The maximum Gasteiger partial charge on any atom is 0.246 e. The van der Waals surface area contributed by atoms with Gasteiger partial charge in [0.05, 0.1) is 32.5 Å². The molecule has 1 aromatic carbocycles. The average Bonchev–Trinajstić information content (AvgIpc) is 3.29. The molecule has 0 aliphatic carbocycles. The Morgan fingerprint density at radius 3 is 2.43 bits per heavy atom. The van der Waals surface area contributed by atoms with Crippen LogP contribution in [0.15, 0.2) is 73.6 Å². The van der Waals surface area contributed by atoms with Crippen LogP contribution < -0.4 is 4.90 Å². The Labute approximate surface area is 164 Å². The number of pyridine rings is 1. The fraction of sp³-hybridized carbons (Fsp3) is 0.227. The predicted molar refractivity (Wildman–Crippen MR) is 108 cm³/mol. The van der Waals surface area contributed by atoms with Crippen molar-refractivity contribution in [1.82, 2.24) is 19.4 Å². The van der Waals surface area contributed by atoms with Crippen LogP contribution in [-0.2, 0) is 11.3 Å². The van der Waals surface area contributed by atoms with Crippen molar-refractivity contribution in [3.05, 3.63) is 84.7 Å². The molecule has 0 bridgehead atoms. The number of carbonyl (C=O) groups excluding carboxylic acids is 1. The normalized spacial score (nSPS) is 15.2. The summed E-state index contributed by atoms with van der Waals surface area (Å²) < 4.78 is 1.95. The zero-order valence-corrected chi connectivity index (χ0v) is 15.7. The van der Waals surface area contributed by atoms with E-state index in [0.717, 1.165) is 44.0 Å². The molecule has 3 aromatic rings. The van der Waals surface area contributed by atoms with Gasteiger partial charge in [0.2, 0.25) is 5.91 Å². The number of nitrogens with zero attached hydrogens (tertiary/aromatic N) is 4. The maximum atomic E-state index is 12.5. The highest BCUT2D eigenvalue weighted by Crippen LogP contribution is 2.10. The van der Waals surface area contributed by atoms with E-state index < -0.39 is 0 Å². The summed E-state index contributed by atoms with van der Waals surface area (Å²) in [5, 5.41) is 0.